The molecule has 0 aromatic heterocycles. The van der Waals surface area contributed by atoms with Gasteiger partial charge in [-0.1, -0.05) is 101 Å². The highest BCUT2D eigenvalue weighted by Gasteiger charge is 2.59. The summed E-state index contributed by atoms with van der Waals surface area (Å²) in [4.78, 5) is 12.6. The van der Waals surface area contributed by atoms with Crippen molar-refractivity contribution < 1.29 is 4.79 Å². The van der Waals surface area contributed by atoms with Crippen LogP contribution in [-0.4, -0.2) is 38.6 Å². The maximum atomic E-state index is 12.6. The first-order valence-corrected chi connectivity index (χ1v) is 16.0. The molecule has 0 saturated heterocycles. The summed E-state index contributed by atoms with van der Waals surface area (Å²) in [5.74, 6) is 0.102. The van der Waals surface area contributed by atoms with Gasteiger partial charge in [-0.05, 0) is 22.3 Å². The van der Waals surface area contributed by atoms with Crippen LogP contribution in [0.2, 0.25) is 24.7 Å². The smallest absolute Gasteiger partial charge is 0.244 e. The van der Waals surface area contributed by atoms with E-state index in [1.165, 1.54) is 10.4 Å². The van der Waals surface area contributed by atoms with E-state index in [4.69, 9.17) is 5.10 Å². The minimum absolute atomic E-state index is 0.0311. The van der Waals surface area contributed by atoms with Crippen LogP contribution in [0.5, 0.6) is 0 Å². The lowest BCUT2D eigenvalue weighted by molar-refractivity contribution is -0.119. The number of ketones is 1. The van der Waals surface area contributed by atoms with Crippen LogP contribution in [0.4, 0.5) is 0 Å². The molecule has 0 spiro atoms. The summed E-state index contributed by atoms with van der Waals surface area (Å²) < 4.78 is 2.44. The van der Waals surface area contributed by atoms with Gasteiger partial charge in [-0.15, -0.1) is 0 Å². The molecule has 1 aliphatic heterocycles. The van der Waals surface area contributed by atoms with Crippen molar-refractivity contribution in [3.05, 3.63) is 60.7 Å². The molecule has 2 aromatic rings. The Morgan fingerprint density at radius 3 is 1.69 bits per heavy atom. The third kappa shape index (κ3) is 3.66. The fourth-order valence-electron chi connectivity index (χ4n) is 4.98. The lowest BCUT2D eigenvalue weighted by atomic mass is 10.1. The van der Waals surface area contributed by atoms with E-state index in [2.05, 4.69) is 106 Å². The molecule has 0 fully saturated rings. The number of carbonyl (C=O) groups is 1. The second-order valence-corrected chi connectivity index (χ2v) is 20.1. The van der Waals surface area contributed by atoms with Crippen LogP contribution in [0.25, 0.3) is 0 Å². The molecule has 3 nitrogen and oxygen atoms in total. The van der Waals surface area contributed by atoms with Gasteiger partial charge in [0.25, 0.3) is 0 Å². The molecule has 0 saturated carbocycles. The van der Waals surface area contributed by atoms with Crippen molar-refractivity contribution in [1.29, 1.82) is 0 Å². The summed E-state index contributed by atoms with van der Waals surface area (Å²) >= 11 is 0. The number of hydrogen-bond donors (Lipinski definition) is 0. The monoisotopic (exact) mass is 422 g/mol. The van der Waals surface area contributed by atoms with Crippen LogP contribution < -0.4 is 10.4 Å². The molecule has 2 aromatic carbocycles. The van der Waals surface area contributed by atoms with Crippen LogP contribution in [0.15, 0.2) is 65.8 Å². The van der Waals surface area contributed by atoms with E-state index < -0.39 is 16.3 Å². The minimum Gasteiger partial charge on any atom is -0.312 e. The maximum Gasteiger partial charge on any atom is 0.244 e. The van der Waals surface area contributed by atoms with Crippen molar-refractivity contribution >= 4 is 38.7 Å². The standard InChI is InChI=1S/C24H34N2OSi2/c1-19(27)22-18-25-26(23(22)28(5,6)7)29(24(2,3)4,20-14-10-8-11-15-20)21-16-12-9-13-17-21/h8-18,22-23H,1-7H3/t22-,23-/m0/s1. The number of Topliss-reactive ketones (excluding diaryl/α,β-unsaturated/α-hetero) is 1. The van der Waals surface area contributed by atoms with Gasteiger partial charge in [-0.3, -0.25) is 4.79 Å². The highest BCUT2D eigenvalue weighted by Crippen LogP contribution is 2.43. The summed E-state index contributed by atoms with van der Waals surface area (Å²) in [7, 11) is -4.31. The number of hydrogen-bond acceptors (Lipinski definition) is 3. The van der Waals surface area contributed by atoms with E-state index in [9.17, 15) is 4.79 Å². The van der Waals surface area contributed by atoms with Gasteiger partial charge in [0, 0.05) is 11.9 Å². The Labute approximate surface area is 177 Å². The lowest BCUT2D eigenvalue weighted by Gasteiger charge is -2.53. The van der Waals surface area contributed by atoms with Crippen molar-refractivity contribution in [3.63, 3.8) is 0 Å². The molecular weight excluding hydrogens is 388 g/mol. The van der Waals surface area contributed by atoms with Crippen LogP contribution in [0.3, 0.4) is 0 Å². The molecule has 1 heterocycles. The summed E-state index contributed by atoms with van der Waals surface area (Å²) in [6.45, 7) is 15.9. The number of nitrogens with zero attached hydrogens (tertiary/aromatic N) is 2. The van der Waals surface area contributed by atoms with Gasteiger partial charge in [0.05, 0.1) is 14.0 Å². The molecule has 3 rings (SSSR count). The van der Waals surface area contributed by atoms with Gasteiger partial charge < -0.3 is 4.67 Å². The normalized spacial score (nSPS) is 20.2. The summed E-state index contributed by atoms with van der Waals surface area (Å²) in [6.07, 6.45) is 1.94. The van der Waals surface area contributed by atoms with Crippen molar-refractivity contribution in [2.75, 3.05) is 0 Å². The van der Waals surface area contributed by atoms with Gasteiger partial charge in [-0.2, -0.15) is 5.10 Å². The molecule has 1 aliphatic rings. The van der Waals surface area contributed by atoms with Gasteiger partial charge >= 0.3 is 0 Å². The predicted octanol–water partition coefficient (Wildman–Crippen LogP) is 4.30. The molecule has 0 unspecified atom stereocenters. The second kappa shape index (κ2) is 7.69. The van der Waals surface area contributed by atoms with Crippen LogP contribution >= 0.6 is 0 Å². The minimum atomic E-state index is -2.56. The van der Waals surface area contributed by atoms with Gasteiger partial charge in [0.15, 0.2) is 0 Å². The van der Waals surface area contributed by atoms with Crippen LogP contribution in [0.1, 0.15) is 27.7 Å². The van der Waals surface area contributed by atoms with Gasteiger partial charge in [-0.25, -0.2) is 0 Å². The first kappa shape index (κ1) is 21.7. The van der Waals surface area contributed by atoms with E-state index in [-0.39, 0.29) is 22.4 Å². The largest absolute Gasteiger partial charge is 0.312 e. The molecule has 0 aliphatic carbocycles. The zero-order chi connectivity index (χ0) is 21.4. The molecule has 0 bridgehead atoms. The van der Waals surface area contributed by atoms with Crippen molar-refractivity contribution in [1.82, 2.24) is 4.67 Å². The number of benzene rings is 2. The fraction of sp³-hybridized carbons (Fsp3) is 0.417. The first-order valence-electron chi connectivity index (χ1n) is 10.5. The Balaban J connectivity index is 2.37. The maximum absolute atomic E-state index is 12.6. The topological polar surface area (TPSA) is 32.7 Å². The molecular formula is C24H34N2OSi2. The zero-order valence-corrected chi connectivity index (χ0v) is 20.8. The average Bonchev–Trinajstić information content (AvgIpc) is 3.09. The van der Waals surface area contributed by atoms with Crippen molar-refractivity contribution in [3.8, 4) is 0 Å². The lowest BCUT2D eigenvalue weighted by Crippen LogP contribution is -2.77. The molecule has 29 heavy (non-hydrogen) atoms. The highest BCUT2D eigenvalue weighted by atomic mass is 28.3. The van der Waals surface area contributed by atoms with E-state index in [1.54, 1.807) is 6.92 Å². The molecule has 154 valence electrons. The Bertz CT molecular complexity index is 843. The number of hydrazone groups is 1. The molecule has 5 heteroatoms. The van der Waals surface area contributed by atoms with E-state index in [0.29, 0.717) is 0 Å². The number of carbonyl (C=O) groups excluding carboxylic acids is 1. The Morgan fingerprint density at radius 1 is 0.897 bits per heavy atom. The summed E-state index contributed by atoms with van der Waals surface area (Å²) in [5, 5.41) is 7.73. The van der Waals surface area contributed by atoms with Crippen LogP contribution in [-0.2, 0) is 4.79 Å². The molecule has 0 amide bonds. The Kier molecular flexibility index (Phi) is 5.76. The average molecular weight is 423 g/mol. The quantitative estimate of drug-likeness (QED) is 0.673. The Hall–Kier alpha value is -1.99. The van der Waals surface area contributed by atoms with Crippen molar-refractivity contribution in [2.24, 2.45) is 11.0 Å². The number of rotatable bonds is 5. The van der Waals surface area contributed by atoms with Gasteiger partial charge in [0.2, 0.25) is 8.24 Å². The summed E-state index contributed by atoms with van der Waals surface area (Å²) in [5.41, 5.74) is 0.159. The predicted molar refractivity (Wildman–Crippen MR) is 129 cm³/mol. The molecule has 2 atom stereocenters. The van der Waals surface area contributed by atoms with E-state index in [1.807, 2.05) is 6.21 Å². The molecule has 0 N–H and O–H groups in total. The fourth-order valence-corrected chi connectivity index (χ4v) is 14.4. The second-order valence-electron chi connectivity index (χ2n) is 10.2. The van der Waals surface area contributed by atoms with E-state index >= 15 is 0 Å². The van der Waals surface area contributed by atoms with E-state index in [0.717, 1.165) is 0 Å². The highest BCUT2D eigenvalue weighted by molar-refractivity contribution is 7.03. The summed E-state index contributed by atoms with van der Waals surface area (Å²) in [6, 6.07) is 21.8. The van der Waals surface area contributed by atoms with Crippen LogP contribution in [0, 0.1) is 5.92 Å². The van der Waals surface area contributed by atoms with Crippen molar-refractivity contribution in [2.45, 2.75) is 58.0 Å². The zero-order valence-electron chi connectivity index (χ0n) is 18.8. The SMILES string of the molecule is CC(=O)[C@@H]1C=NN([Si](c2ccccc2)(c2ccccc2)C(C)(C)C)[C@H]1[Si](C)(C)C. The van der Waals surface area contributed by atoms with Gasteiger partial charge in [0.1, 0.15) is 5.78 Å². The third-order valence-electron chi connectivity index (χ3n) is 6.12. The molecule has 0 radical (unpaired) electrons. The first-order chi connectivity index (χ1) is 13.5. The Morgan fingerprint density at radius 2 is 1.34 bits per heavy atom. The third-order valence-corrected chi connectivity index (χ3v) is 14.4.